The largest absolute Gasteiger partial charge is 0.334 e. The summed E-state index contributed by atoms with van der Waals surface area (Å²) in [5, 5.41) is 0. The second-order valence-electron chi connectivity index (χ2n) is 6.33. The number of carbonyl (C=O) groups is 1. The van der Waals surface area contributed by atoms with Crippen LogP contribution in [-0.2, 0) is 16.6 Å². The van der Waals surface area contributed by atoms with Crippen LogP contribution in [-0.4, -0.2) is 53.2 Å². The van der Waals surface area contributed by atoms with E-state index in [1.807, 2.05) is 0 Å². The number of hydrogen-bond acceptors (Lipinski definition) is 4. The van der Waals surface area contributed by atoms with E-state index in [1.165, 1.54) is 46.7 Å². The molecule has 2 aromatic rings. The highest BCUT2D eigenvalue weighted by atomic mass is 32.2. The van der Waals surface area contributed by atoms with E-state index in [0.717, 1.165) is 19.0 Å². The third-order valence-corrected chi connectivity index (χ3v) is 6.36. The minimum Gasteiger partial charge on any atom is -0.334 e. The molecule has 1 aliphatic rings. The first-order chi connectivity index (χ1) is 12.8. The Bertz CT molecular complexity index is 924. The fourth-order valence-electron chi connectivity index (χ4n) is 3.02. The van der Waals surface area contributed by atoms with E-state index in [0.29, 0.717) is 17.7 Å². The smallest absolute Gasteiger partial charge is 0.319 e. The van der Waals surface area contributed by atoms with Crippen molar-refractivity contribution in [1.29, 1.82) is 0 Å². The van der Waals surface area contributed by atoms with Gasteiger partial charge in [0.1, 0.15) is 5.82 Å². The van der Waals surface area contributed by atoms with Gasteiger partial charge >= 0.3 is 6.55 Å². The van der Waals surface area contributed by atoms with E-state index < -0.39 is 22.5 Å². The van der Waals surface area contributed by atoms with Crippen LogP contribution in [0.5, 0.6) is 0 Å². The van der Waals surface area contributed by atoms with Gasteiger partial charge in [-0.05, 0) is 31.0 Å². The zero-order valence-electron chi connectivity index (χ0n) is 14.8. The van der Waals surface area contributed by atoms with Crippen molar-refractivity contribution in [2.24, 2.45) is 0 Å². The van der Waals surface area contributed by atoms with Crippen molar-refractivity contribution in [2.75, 3.05) is 20.1 Å². The second kappa shape index (κ2) is 7.73. The standard InChI is InChI=1S/C17H20F2N4O3S/c1-21(12-15-20-7-10-23(15)17(18)19)16(24)13-5-4-6-14(11-13)27(25,26)22-8-2-3-9-22/h4-7,10-11,17H,2-3,8-9,12H2,1H3. The Hall–Kier alpha value is -2.33. The third-order valence-electron chi connectivity index (χ3n) is 4.47. The Morgan fingerprint density at radius 2 is 2.00 bits per heavy atom. The van der Waals surface area contributed by atoms with Crippen LogP contribution < -0.4 is 0 Å². The molecule has 10 heteroatoms. The molecule has 146 valence electrons. The fourth-order valence-corrected chi connectivity index (χ4v) is 4.58. The lowest BCUT2D eigenvalue weighted by Gasteiger charge is -2.19. The first-order valence-corrected chi connectivity index (χ1v) is 9.90. The third kappa shape index (κ3) is 4.01. The Morgan fingerprint density at radius 3 is 2.67 bits per heavy atom. The van der Waals surface area contributed by atoms with Crippen LogP contribution >= 0.6 is 0 Å². The van der Waals surface area contributed by atoms with Crippen molar-refractivity contribution in [2.45, 2.75) is 30.8 Å². The zero-order chi connectivity index (χ0) is 19.6. The number of amides is 1. The normalized spacial score (nSPS) is 15.4. The molecule has 1 aliphatic heterocycles. The number of halogens is 2. The van der Waals surface area contributed by atoms with Crippen molar-refractivity contribution in [1.82, 2.24) is 18.8 Å². The summed E-state index contributed by atoms with van der Waals surface area (Å²) >= 11 is 0. The van der Waals surface area contributed by atoms with Crippen LogP contribution in [0.3, 0.4) is 0 Å². The van der Waals surface area contributed by atoms with Crippen LogP contribution in [0.4, 0.5) is 8.78 Å². The lowest BCUT2D eigenvalue weighted by atomic mass is 10.2. The molecule has 0 N–H and O–H groups in total. The number of aromatic nitrogens is 2. The number of sulfonamides is 1. The van der Waals surface area contributed by atoms with Gasteiger partial charge in [0, 0.05) is 38.1 Å². The van der Waals surface area contributed by atoms with Gasteiger partial charge in [0.05, 0.1) is 11.4 Å². The molecule has 7 nitrogen and oxygen atoms in total. The number of alkyl halides is 2. The molecule has 0 unspecified atom stereocenters. The molecule has 1 aromatic heterocycles. The topological polar surface area (TPSA) is 75.5 Å². The SMILES string of the molecule is CN(Cc1nccn1C(F)F)C(=O)c1cccc(S(=O)(=O)N2CCCC2)c1. The summed E-state index contributed by atoms with van der Waals surface area (Å²) in [6, 6.07) is 5.78. The highest BCUT2D eigenvalue weighted by Gasteiger charge is 2.28. The molecule has 2 heterocycles. The van der Waals surface area contributed by atoms with Crippen LogP contribution in [0.1, 0.15) is 35.6 Å². The summed E-state index contributed by atoms with van der Waals surface area (Å²) in [6.45, 7) is -1.94. The first-order valence-electron chi connectivity index (χ1n) is 8.46. The Balaban J connectivity index is 1.79. The minimum atomic E-state index is -3.64. The predicted molar refractivity (Wildman–Crippen MR) is 93.7 cm³/mol. The van der Waals surface area contributed by atoms with E-state index in [2.05, 4.69) is 4.98 Å². The number of carbonyl (C=O) groups excluding carboxylic acids is 1. The highest BCUT2D eigenvalue weighted by Crippen LogP contribution is 2.22. The van der Waals surface area contributed by atoms with Gasteiger partial charge in [-0.3, -0.25) is 9.36 Å². The van der Waals surface area contributed by atoms with E-state index in [-0.39, 0.29) is 22.8 Å². The molecule has 1 fully saturated rings. The summed E-state index contributed by atoms with van der Waals surface area (Å²) in [6.07, 6.45) is 4.01. The number of rotatable bonds is 6. The van der Waals surface area contributed by atoms with Crippen LogP contribution in [0.15, 0.2) is 41.6 Å². The van der Waals surface area contributed by atoms with E-state index in [9.17, 15) is 22.0 Å². The Labute approximate surface area is 156 Å². The van der Waals surface area contributed by atoms with E-state index in [4.69, 9.17) is 0 Å². The lowest BCUT2D eigenvalue weighted by molar-refractivity contribution is 0.0612. The Kier molecular flexibility index (Phi) is 5.56. The van der Waals surface area contributed by atoms with Crippen molar-refractivity contribution < 1.29 is 22.0 Å². The summed E-state index contributed by atoms with van der Waals surface area (Å²) in [4.78, 5) is 17.8. The van der Waals surface area contributed by atoms with Gasteiger partial charge in [-0.2, -0.15) is 13.1 Å². The van der Waals surface area contributed by atoms with Gasteiger partial charge in [-0.25, -0.2) is 13.4 Å². The molecule has 1 amide bonds. The highest BCUT2D eigenvalue weighted by molar-refractivity contribution is 7.89. The molecule has 3 rings (SSSR count). The summed E-state index contributed by atoms with van der Waals surface area (Å²) in [5.41, 5.74) is 0.174. The molecule has 0 aliphatic carbocycles. The van der Waals surface area contributed by atoms with Crippen LogP contribution in [0.2, 0.25) is 0 Å². The molecule has 1 saturated heterocycles. The minimum absolute atomic E-state index is 0.0432. The van der Waals surface area contributed by atoms with Crippen molar-refractivity contribution in [3.63, 3.8) is 0 Å². The van der Waals surface area contributed by atoms with Gasteiger partial charge < -0.3 is 4.90 Å². The summed E-state index contributed by atoms with van der Waals surface area (Å²) in [7, 11) is -2.19. The fraction of sp³-hybridized carbons (Fsp3) is 0.412. The maximum Gasteiger partial charge on any atom is 0.319 e. The van der Waals surface area contributed by atoms with Crippen LogP contribution in [0, 0.1) is 0 Å². The van der Waals surface area contributed by atoms with Crippen molar-refractivity contribution >= 4 is 15.9 Å². The summed E-state index contributed by atoms with van der Waals surface area (Å²) in [5.74, 6) is -0.431. The number of imidazole rings is 1. The Morgan fingerprint density at radius 1 is 1.30 bits per heavy atom. The number of hydrogen-bond donors (Lipinski definition) is 0. The van der Waals surface area contributed by atoms with Gasteiger partial charge in [-0.1, -0.05) is 6.07 Å². The van der Waals surface area contributed by atoms with Crippen LogP contribution in [0.25, 0.3) is 0 Å². The molecule has 1 aromatic carbocycles. The van der Waals surface area contributed by atoms with Crippen molar-refractivity contribution in [3.05, 3.63) is 48.0 Å². The lowest BCUT2D eigenvalue weighted by Crippen LogP contribution is -2.29. The zero-order valence-corrected chi connectivity index (χ0v) is 15.6. The molecule has 0 atom stereocenters. The average molecular weight is 398 g/mol. The molecule has 27 heavy (non-hydrogen) atoms. The number of benzene rings is 1. The average Bonchev–Trinajstić information content (AvgIpc) is 3.33. The first kappa shape index (κ1) is 19.4. The molecule has 0 radical (unpaired) electrons. The quantitative estimate of drug-likeness (QED) is 0.749. The molecular weight excluding hydrogens is 378 g/mol. The van der Waals surface area contributed by atoms with Gasteiger partial charge in [0.15, 0.2) is 0 Å². The molecular formula is C17H20F2N4O3S. The maximum atomic E-state index is 12.9. The van der Waals surface area contributed by atoms with Gasteiger partial charge in [0.2, 0.25) is 10.0 Å². The van der Waals surface area contributed by atoms with E-state index >= 15 is 0 Å². The van der Waals surface area contributed by atoms with Gasteiger partial charge in [0.25, 0.3) is 5.91 Å². The predicted octanol–water partition coefficient (Wildman–Crippen LogP) is 2.33. The van der Waals surface area contributed by atoms with Crippen molar-refractivity contribution in [3.8, 4) is 0 Å². The summed E-state index contributed by atoms with van der Waals surface area (Å²) < 4.78 is 53.2. The molecule has 0 spiro atoms. The molecule has 0 saturated carbocycles. The number of nitrogens with zero attached hydrogens (tertiary/aromatic N) is 4. The van der Waals surface area contributed by atoms with Gasteiger partial charge in [-0.15, -0.1) is 0 Å². The second-order valence-corrected chi connectivity index (χ2v) is 8.27. The maximum absolute atomic E-state index is 12.9. The molecule has 0 bridgehead atoms. The monoisotopic (exact) mass is 398 g/mol. The van der Waals surface area contributed by atoms with E-state index in [1.54, 1.807) is 0 Å².